The van der Waals surface area contributed by atoms with Crippen LogP contribution >= 0.6 is 0 Å². The normalized spacial score (nSPS) is 26.6. The minimum Gasteiger partial charge on any atom is -0.349 e. The van der Waals surface area contributed by atoms with E-state index in [0.29, 0.717) is 17.9 Å². The summed E-state index contributed by atoms with van der Waals surface area (Å²) in [6.45, 7) is 14.6. The van der Waals surface area contributed by atoms with E-state index in [4.69, 9.17) is 5.73 Å². The average molecular weight is 234 g/mol. The Balaban J connectivity index is 2.33. The first kappa shape index (κ1) is 12.7. The Morgan fingerprint density at radius 3 is 2.29 bits per heavy atom. The van der Waals surface area contributed by atoms with E-state index in [1.165, 1.54) is 17.0 Å². The molecule has 2 rings (SSSR count). The summed E-state index contributed by atoms with van der Waals surface area (Å²) in [5.41, 5.74) is 10.7. The Kier molecular flexibility index (Phi) is 2.89. The van der Waals surface area contributed by atoms with Crippen LogP contribution in [0.1, 0.15) is 50.6 Å². The monoisotopic (exact) mass is 234 g/mol. The zero-order chi connectivity index (χ0) is 13.0. The van der Waals surface area contributed by atoms with Gasteiger partial charge in [-0.2, -0.15) is 0 Å². The fourth-order valence-electron chi connectivity index (χ4n) is 3.06. The van der Waals surface area contributed by atoms with Crippen molar-refractivity contribution in [3.63, 3.8) is 0 Å². The molecule has 1 saturated carbocycles. The van der Waals surface area contributed by atoms with Crippen LogP contribution < -0.4 is 5.73 Å². The molecule has 2 heteroatoms. The third-order valence-corrected chi connectivity index (χ3v) is 4.41. The highest BCUT2D eigenvalue weighted by molar-refractivity contribution is 5.40. The van der Waals surface area contributed by atoms with Crippen LogP contribution in [0.4, 0.5) is 0 Å². The maximum atomic E-state index is 6.20. The van der Waals surface area contributed by atoms with Gasteiger partial charge in [0.05, 0.1) is 0 Å². The molecular weight excluding hydrogens is 208 g/mol. The predicted octanol–water partition coefficient (Wildman–Crippen LogP) is 3.21. The van der Waals surface area contributed by atoms with Gasteiger partial charge in [0.1, 0.15) is 0 Å². The third-order valence-electron chi connectivity index (χ3n) is 4.41. The number of nitrogens with zero attached hydrogens (tertiary/aromatic N) is 1. The maximum Gasteiger partial charge on any atom is 0.0247 e. The van der Waals surface area contributed by atoms with E-state index >= 15 is 0 Å². The predicted molar refractivity (Wildman–Crippen MR) is 73.2 cm³/mol. The molecule has 0 bridgehead atoms. The van der Waals surface area contributed by atoms with E-state index in [1.807, 2.05) is 0 Å². The highest BCUT2D eigenvalue weighted by Gasteiger charge is 2.57. The molecule has 0 aliphatic heterocycles. The number of nitrogens with two attached hydrogens (primary N) is 1. The number of aryl methyl sites for hydroxylation is 1. The lowest BCUT2D eigenvalue weighted by atomic mass is 10.0. The zero-order valence-corrected chi connectivity index (χ0v) is 12.0. The van der Waals surface area contributed by atoms with Crippen LogP contribution in [0, 0.1) is 25.2 Å². The molecule has 17 heavy (non-hydrogen) atoms. The molecule has 0 aromatic carbocycles. The van der Waals surface area contributed by atoms with Gasteiger partial charge >= 0.3 is 0 Å². The smallest absolute Gasteiger partial charge is 0.0247 e. The standard InChI is InChI=1S/C15H26N2/c1-9(2)8-17-10(3)7-12(11(17)4)13-14(16)15(13,5)6/h7,9,13-14H,8,16H2,1-6H3/t13-,14-/m1/s1. The Morgan fingerprint density at radius 2 is 1.88 bits per heavy atom. The first-order chi connectivity index (χ1) is 7.76. The largest absolute Gasteiger partial charge is 0.349 e. The lowest BCUT2D eigenvalue weighted by molar-refractivity contribution is 0.507. The van der Waals surface area contributed by atoms with E-state index in [-0.39, 0.29) is 5.41 Å². The molecule has 1 aliphatic carbocycles. The van der Waals surface area contributed by atoms with Gasteiger partial charge in [-0.1, -0.05) is 27.7 Å². The van der Waals surface area contributed by atoms with Crippen LogP contribution in [-0.4, -0.2) is 10.6 Å². The molecule has 0 saturated heterocycles. The summed E-state index contributed by atoms with van der Waals surface area (Å²) >= 11 is 0. The van der Waals surface area contributed by atoms with Gasteiger partial charge in [0.15, 0.2) is 0 Å². The van der Waals surface area contributed by atoms with E-state index < -0.39 is 0 Å². The molecule has 1 heterocycles. The van der Waals surface area contributed by atoms with Crippen molar-refractivity contribution in [1.29, 1.82) is 0 Å². The van der Waals surface area contributed by atoms with Crippen molar-refractivity contribution in [1.82, 2.24) is 4.57 Å². The van der Waals surface area contributed by atoms with E-state index in [1.54, 1.807) is 0 Å². The second-order valence-electron chi connectivity index (χ2n) is 6.66. The fraction of sp³-hybridized carbons (Fsp3) is 0.733. The van der Waals surface area contributed by atoms with Crippen molar-refractivity contribution >= 4 is 0 Å². The number of aromatic nitrogens is 1. The second kappa shape index (κ2) is 3.88. The molecule has 1 aliphatic rings. The zero-order valence-electron chi connectivity index (χ0n) is 12.0. The molecule has 0 spiro atoms. The highest BCUT2D eigenvalue weighted by Crippen LogP contribution is 2.58. The summed E-state index contributed by atoms with van der Waals surface area (Å²) in [5, 5.41) is 0. The van der Waals surface area contributed by atoms with E-state index in [2.05, 4.69) is 52.2 Å². The van der Waals surface area contributed by atoms with Crippen LogP contribution in [0.25, 0.3) is 0 Å². The summed E-state index contributed by atoms with van der Waals surface area (Å²) < 4.78 is 2.45. The highest BCUT2D eigenvalue weighted by atomic mass is 15.0. The van der Waals surface area contributed by atoms with Crippen molar-refractivity contribution in [3.8, 4) is 0 Å². The first-order valence-electron chi connectivity index (χ1n) is 6.69. The minimum absolute atomic E-state index is 0.279. The first-order valence-corrected chi connectivity index (χ1v) is 6.69. The summed E-state index contributed by atoms with van der Waals surface area (Å²) in [7, 11) is 0. The van der Waals surface area contributed by atoms with Crippen molar-refractivity contribution in [2.45, 2.75) is 60.0 Å². The van der Waals surface area contributed by atoms with E-state index in [9.17, 15) is 0 Å². The van der Waals surface area contributed by atoms with Crippen molar-refractivity contribution in [3.05, 3.63) is 23.0 Å². The van der Waals surface area contributed by atoms with Gasteiger partial charge in [-0.05, 0) is 36.8 Å². The summed E-state index contributed by atoms with van der Waals surface area (Å²) in [4.78, 5) is 0. The van der Waals surface area contributed by atoms with Crippen LogP contribution in [0.5, 0.6) is 0 Å². The van der Waals surface area contributed by atoms with Gasteiger partial charge in [0.25, 0.3) is 0 Å². The third kappa shape index (κ3) is 1.93. The molecule has 0 radical (unpaired) electrons. The van der Waals surface area contributed by atoms with Crippen LogP contribution in [0.3, 0.4) is 0 Å². The van der Waals surface area contributed by atoms with Crippen molar-refractivity contribution < 1.29 is 0 Å². The summed E-state index contributed by atoms with van der Waals surface area (Å²) in [6, 6.07) is 2.67. The Morgan fingerprint density at radius 1 is 1.35 bits per heavy atom. The Hall–Kier alpha value is -0.760. The Bertz CT molecular complexity index is 426. The van der Waals surface area contributed by atoms with Gasteiger partial charge in [-0.3, -0.25) is 0 Å². The Labute approximate surface area is 105 Å². The lowest BCUT2D eigenvalue weighted by Gasteiger charge is -2.12. The number of hydrogen-bond acceptors (Lipinski definition) is 1. The SMILES string of the molecule is Cc1cc([C@@H]2[C@@H](N)C2(C)C)c(C)n1CC(C)C. The molecule has 2 atom stereocenters. The molecule has 96 valence electrons. The van der Waals surface area contributed by atoms with E-state index in [0.717, 1.165) is 6.54 Å². The lowest BCUT2D eigenvalue weighted by Crippen LogP contribution is -2.08. The number of rotatable bonds is 3. The van der Waals surface area contributed by atoms with Gasteiger partial charge in [0, 0.05) is 29.9 Å². The second-order valence-corrected chi connectivity index (χ2v) is 6.66. The number of hydrogen-bond donors (Lipinski definition) is 1. The molecule has 0 unspecified atom stereocenters. The molecule has 1 aromatic rings. The molecule has 2 N–H and O–H groups in total. The molecular formula is C15H26N2. The summed E-state index contributed by atoms with van der Waals surface area (Å²) in [5.74, 6) is 1.24. The van der Waals surface area contributed by atoms with Gasteiger partial charge in [-0.15, -0.1) is 0 Å². The van der Waals surface area contributed by atoms with Crippen molar-refractivity contribution in [2.24, 2.45) is 17.1 Å². The summed E-state index contributed by atoms with van der Waals surface area (Å²) in [6.07, 6.45) is 0. The molecule has 1 aromatic heterocycles. The quantitative estimate of drug-likeness (QED) is 0.855. The van der Waals surface area contributed by atoms with Crippen LogP contribution in [0.15, 0.2) is 6.07 Å². The van der Waals surface area contributed by atoms with Gasteiger partial charge in [0.2, 0.25) is 0 Å². The van der Waals surface area contributed by atoms with Crippen molar-refractivity contribution in [2.75, 3.05) is 0 Å². The van der Waals surface area contributed by atoms with Gasteiger partial charge in [-0.25, -0.2) is 0 Å². The maximum absolute atomic E-state index is 6.20. The molecule has 0 amide bonds. The topological polar surface area (TPSA) is 30.9 Å². The van der Waals surface area contributed by atoms with Crippen LogP contribution in [0.2, 0.25) is 0 Å². The molecule has 2 nitrogen and oxygen atoms in total. The molecule has 1 fully saturated rings. The van der Waals surface area contributed by atoms with Crippen LogP contribution in [-0.2, 0) is 6.54 Å². The average Bonchev–Trinajstić information content (AvgIpc) is 2.57. The fourth-order valence-corrected chi connectivity index (χ4v) is 3.06. The van der Waals surface area contributed by atoms with Gasteiger partial charge < -0.3 is 10.3 Å². The minimum atomic E-state index is 0.279.